The van der Waals surface area contributed by atoms with Gasteiger partial charge in [0.2, 0.25) is 0 Å². The summed E-state index contributed by atoms with van der Waals surface area (Å²) in [5, 5.41) is 14.5. The summed E-state index contributed by atoms with van der Waals surface area (Å²) in [6.07, 6.45) is 0.610. The number of carbonyl (C=O) groups excluding carboxylic acids is 1. The minimum Gasteiger partial charge on any atom is -0.378 e. The fraction of sp³-hybridized carbons (Fsp3) is 0.240. The average Bonchev–Trinajstić information content (AvgIpc) is 2.85. The lowest BCUT2D eigenvalue weighted by molar-refractivity contribution is -0.384. The van der Waals surface area contributed by atoms with Crippen LogP contribution >= 0.6 is 0 Å². The van der Waals surface area contributed by atoms with E-state index >= 15 is 0 Å². The second kappa shape index (κ2) is 10.1. The summed E-state index contributed by atoms with van der Waals surface area (Å²) >= 11 is 0. The van der Waals surface area contributed by atoms with E-state index in [1.807, 2.05) is 65.6 Å². The van der Waals surface area contributed by atoms with Crippen molar-refractivity contribution in [1.29, 1.82) is 0 Å². The van der Waals surface area contributed by atoms with Crippen LogP contribution in [-0.2, 0) is 11.2 Å². The standard InChI is InChI=1S/C25H25N3O4/c29-25(22-18-21(28(30)31)11-12-24(22)27-13-15-32-16-14-27)26-23(20-9-5-2-6-10-20)17-19-7-3-1-4-8-19/h1-12,18,23H,13-17H2,(H,26,29). The highest BCUT2D eigenvalue weighted by atomic mass is 16.6. The van der Waals surface area contributed by atoms with Gasteiger partial charge in [0.05, 0.1) is 35.4 Å². The Hall–Kier alpha value is -3.71. The zero-order valence-corrected chi connectivity index (χ0v) is 17.6. The molecule has 0 spiro atoms. The molecule has 0 radical (unpaired) electrons. The first kappa shape index (κ1) is 21.5. The first-order chi connectivity index (χ1) is 15.6. The van der Waals surface area contributed by atoms with Gasteiger partial charge in [-0.2, -0.15) is 0 Å². The molecule has 1 saturated heterocycles. The Bertz CT molecular complexity index is 1070. The highest BCUT2D eigenvalue weighted by Crippen LogP contribution is 2.28. The number of hydrogen-bond donors (Lipinski definition) is 1. The Morgan fingerprint density at radius 2 is 1.66 bits per heavy atom. The van der Waals surface area contributed by atoms with E-state index in [4.69, 9.17) is 4.74 Å². The van der Waals surface area contributed by atoms with Crippen molar-refractivity contribution in [3.8, 4) is 0 Å². The fourth-order valence-electron chi connectivity index (χ4n) is 3.92. The molecule has 1 aliphatic heterocycles. The maximum atomic E-state index is 13.5. The van der Waals surface area contributed by atoms with Gasteiger partial charge in [0, 0.05) is 25.2 Å². The largest absolute Gasteiger partial charge is 0.378 e. The van der Waals surface area contributed by atoms with E-state index in [0.717, 1.165) is 11.1 Å². The van der Waals surface area contributed by atoms with Gasteiger partial charge in [0.25, 0.3) is 11.6 Å². The molecule has 1 heterocycles. The van der Waals surface area contributed by atoms with Crippen LogP contribution in [0.4, 0.5) is 11.4 Å². The van der Waals surface area contributed by atoms with Crippen LogP contribution in [0, 0.1) is 10.1 Å². The molecule has 164 valence electrons. The third-order valence-electron chi connectivity index (χ3n) is 5.58. The predicted molar refractivity (Wildman–Crippen MR) is 123 cm³/mol. The molecular weight excluding hydrogens is 406 g/mol. The maximum Gasteiger partial charge on any atom is 0.270 e. The SMILES string of the molecule is O=C(NC(Cc1ccccc1)c1ccccc1)c1cc([N+](=O)[O-])ccc1N1CCOCC1. The van der Waals surface area contributed by atoms with Crippen molar-refractivity contribution in [2.45, 2.75) is 12.5 Å². The second-order valence-corrected chi connectivity index (χ2v) is 7.68. The van der Waals surface area contributed by atoms with E-state index in [-0.39, 0.29) is 17.6 Å². The summed E-state index contributed by atoms with van der Waals surface area (Å²) in [7, 11) is 0. The van der Waals surface area contributed by atoms with Crippen LogP contribution in [0.2, 0.25) is 0 Å². The van der Waals surface area contributed by atoms with Gasteiger partial charge in [0.1, 0.15) is 0 Å². The molecule has 1 fully saturated rings. The average molecular weight is 431 g/mol. The summed E-state index contributed by atoms with van der Waals surface area (Å²) in [4.78, 5) is 26.4. The lowest BCUT2D eigenvalue weighted by Crippen LogP contribution is -2.38. The van der Waals surface area contributed by atoms with Crippen LogP contribution in [-0.4, -0.2) is 37.1 Å². The van der Waals surface area contributed by atoms with Crippen LogP contribution in [0.3, 0.4) is 0 Å². The molecule has 7 heteroatoms. The number of amides is 1. The summed E-state index contributed by atoms with van der Waals surface area (Å²) in [6, 6.07) is 23.9. The molecule has 4 rings (SSSR count). The van der Waals surface area contributed by atoms with Crippen molar-refractivity contribution in [1.82, 2.24) is 5.32 Å². The zero-order chi connectivity index (χ0) is 22.3. The molecule has 0 aliphatic carbocycles. The fourth-order valence-corrected chi connectivity index (χ4v) is 3.92. The number of nitrogens with zero attached hydrogens (tertiary/aromatic N) is 2. The molecule has 0 bridgehead atoms. The molecule has 0 saturated carbocycles. The summed E-state index contributed by atoms with van der Waals surface area (Å²) < 4.78 is 5.42. The highest BCUT2D eigenvalue weighted by Gasteiger charge is 2.24. The van der Waals surface area contributed by atoms with Gasteiger partial charge in [0.15, 0.2) is 0 Å². The topological polar surface area (TPSA) is 84.7 Å². The van der Waals surface area contributed by atoms with Crippen molar-refractivity contribution < 1.29 is 14.5 Å². The Labute approximate surface area is 186 Å². The highest BCUT2D eigenvalue weighted by molar-refractivity contribution is 6.00. The third kappa shape index (κ3) is 5.12. The van der Waals surface area contributed by atoms with E-state index in [1.54, 1.807) is 6.07 Å². The van der Waals surface area contributed by atoms with Gasteiger partial charge in [-0.25, -0.2) is 0 Å². The van der Waals surface area contributed by atoms with Crippen LogP contribution in [0.1, 0.15) is 27.5 Å². The van der Waals surface area contributed by atoms with Gasteiger partial charge in [-0.05, 0) is 23.6 Å². The van der Waals surface area contributed by atoms with Gasteiger partial charge in [-0.3, -0.25) is 14.9 Å². The number of morpholine rings is 1. The number of nitro groups is 1. The van der Waals surface area contributed by atoms with E-state index < -0.39 is 4.92 Å². The molecule has 1 atom stereocenters. The monoisotopic (exact) mass is 431 g/mol. The van der Waals surface area contributed by atoms with Crippen LogP contribution in [0.5, 0.6) is 0 Å². The van der Waals surface area contributed by atoms with E-state index in [1.165, 1.54) is 12.1 Å². The predicted octanol–water partition coefficient (Wildman–Crippen LogP) is 4.15. The minimum atomic E-state index is -0.474. The zero-order valence-electron chi connectivity index (χ0n) is 17.6. The van der Waals surface area contributed by atoms with Crippen molar-refractivity contribution >= 4 is 17.3 Å². The van der Waals surface area contributed by atoms with Crippen LogP contribution < -0.4 is 10.2 Å². The lowest BCUT2D eigenvalue weighted by Gasteiger charge is -2.30. The first-order valence-electron chi connectivity index (χ1n) is 10.6. The van der Waals surface area contributed by atoms with Gasteiger partial charge < -0.3 is 15.0 Å². The summed E-state index contributed by atoms with van der Waals surface area (Å²) in [5.74, 6) is -0.333. The van der Waals surface area contributed by atoms with E-state index in [0.29, 0.717) is 44.0 Å². The smallest absolute Gasteiger partial charge is 0.270 e. The molecule has 7 nitrogen and oxygen atoms in total. The van der Waals surface area contributed by atoms with Gasteiger partial charge in [-0.1, -0.05) is 60.7 Å². The molecule has 3 aromatic rings. The van der Waals surface area contributed by atoms with Crippen molar-refractivity contribution in [2.75, 3.05) is 31.2 Å². The summed E-state index contributed by atoms with van der Waals surface area (Å²) in [6.45, 7) is 2.37. The van der Waals surface area contributed by atoms with Crippen LogP contribution in [0.25, 0.3) is 0 Å². The quantitative estimate of drug-likeness (QED) is 0.449. The number of nitro benzene ring substituents is 1. The molecule has 1 aliphatic rings. The Balaban J connectivity index is 1.66. The first-order valence-corrected chi connectivity index (χ1v) is 10.6. The molecule has 0 aromatic heterocycles. The maximum absolute atomic E-state index is 13.5. The van der Waals surface area contributed by atoms with E-state index in [2.05, 4.69) is 5.32 Å². The number of ether oxygens (including phenoxy) is 1. The number of hydrogen-bond acceptors (Lipinski definition) is 5. The minimum absolute atomic E-state index is 0.105. The van der Waals surface area contributed by atoms with Gasteiger partial charge >= 0.3 is 0 Å². The number of benzene rings is 3. The number of rotatable bonds is 7. The van der Waals surface area contributed by atoms with E-state index in [9.17, 15) is 14.9 Å². The number of anilines is 1. The molecule has 1 unspecified atom stereocenters. The van der Waals surface area contributed by atoms with Crippen molar-refractivity contribution in [3.05, 3.63) is 106 Å². The number of nitrogens with one attached hydrogen (secondary N) is 1. The normalized spacial score (nSPS) is 14.6. The lowest BCUT2D eigenvalue weighted by atomic mass is 9.98. The molecule has 3 aromatic carbocycles. The Morgan fingerprint density at radius 1 is 1.00 bits per heavy atom. The molecular formula is C25H25N3O4. The molecule has 1 amide bonds. The number of non-ortho nitro benzene ring substituents is 1. The molecule has 1 N–H and O–H groups in total. The van der Waals surface area contributed by atoms with Crippen LogP contribution in [0.15, 0.2) is 78.9 Å². The molecule has 32 heavy (non-hydrogen) atoms. The van der Waals surface area contributed by atoms with Gasteiger partial charge in [-0.15, -0.1) is 0 Å². The van der Waals surface area contributed by atoms with Crippen molar-refractivity contribution in [3.63, 3.8) is 0 Å². The number of carbonyl (C=O) groups is 1. The Morgan fingerprint density at radius 3 is 2.31 bits per heavy atom. The van der Waals surface area contributed by atoms with Crippen molar-refractivity contribution in [2.24, 2.45) is 0 Å². The third-order valence-corrected chi connectivity index (χ3v) is 5.58. The Kier molecular flexibility index (Phi) is 6.77. The summed E-state index contributed by atoms with van der Waals surface area (Å²) in [5.41, 5.74) is 2.95. The second-order valence-electron chi connectivity index (χ2n) is 7.68.